The Kier molecular flexibility index (Phi) is 3.83. The van der Waals surface area contributed by atoms with Crippen molar-refractivity contribution in [2.75, 3.05) is 26.2 Å². The molecule has 0 radical (unpaired) electrons. The molecule has 0 unspecified atom stereocenters. The summed E-state index contributed by atoms with van der Waals surface area (Å²) in [7, 11) is 0. The number of hydrogen-bond donors (Lipinski definition) is 2. The van der Waals surface area contributed by atoms with Gasteiger partial charge in [-0.25, -0.2) is 0 Å². The summed E-state index contributed by atoms with van der Waals surface area (Å²) >= 11 is 0. The highest BCUT2D eigenvalue weighted by molar-refractivity contribution is 5.98. The number of piperidine rings is 1. The molecule has 3 heterocycles. The van der Waals surface area contributed by atoms with Crippen LogP contribution in [0.1, 0.15) is 29.8 Å². The Hall–Kier alpha value is -1.85. The van der Waals surface area contributed by atoms with Gasteiger partial charge in [0, 0.05) is 24.0 Å². The number of rotatable bonds is 2. The standard InChI is InChI=1S/C18H23N3O2/c22-17-12-21(11-16(17)20-8-4-1-5-9-20)18(23)15-10-13-6-2-3-7-14(13)19-15/h2-3,6-7,10,16-17,19,22H,1,4-5,8-9,11-12H2/t16-,17-/m1/s1. The van der Waals surface area contributed by atoms with Crippen molar-refractivity contribution in [1.29, 1.82) is 0 Å². The number of carbonyl (C=O) groups excluding carboxylic acids is 1. The molecule has 2 aliphatic heterocycles. The van der Waals surface area contributed by atoms with Crippen molar-refractivity contribution in [3.05, 3.63) is 36.0 Å². The Bertz CT molecular complexity index is 672. The normalized spacial score (nSPS) is 26.0. The highest BCUT2D eigenvalue weighted by Gasteiger charge is 2.38. The highest BCUT2D eigenvalue weighted by Crippen LogP contribution is 2.23. The van der Waals surface area contributed by atoms with Crippen LogP contribution in [0.4, 0.5) is 0 Å². The molecule has 0 bridgehead atoms. The number of hydrogen-bond acceptors (Lipinski definition) is 3. The fourth-order valence-electron chi connectivity index (χ4n) is 3.90. The monoisotopic (exact) mass is 313 g/mol. The average Bonchev–Trinajstić information content (AvgIpc) is 3.18. The summed E-state index contributed by atoms with van der Waals surface area (Å²) in [5.74, 6) is -0.0141. The van der Waals surface area contributed by atoms with E-state index in [1.807, 2.05) is 30.3 Å². The number of aromatic amines is 1. The molecular weight excluding hydrogens is 290 g/mol. The van der Waals surface area contributed by atoms with Crippen molar-refractivity contribution in [3.8, 4) is 0 Å². The third-order valence-electron chi connectivity index (χ3n) is 5.17. The Morgan fingerprint density at radius 3 is 2.70 bits per heavy atom. The molecule has 2 saturated heterocycles. The number of aliphatic hydroxyl groups excluding tert-OH is 1. The van der Waals surface area contributed by atoms with Crippen molar-refractivity contribution < 1.29 is 9.90 Å². The molecule has 2 N–H and O–H groups in total. The molecule has 2 atom stereocenters. The molecule has 2 aliphatic rings. The van der Waals surface area contributed by atoms with Crippen LogP contribution >= 0.6 is 0 Å². The van der Waals surface area contributed by atoms with Crippen molar-refractivity contribution in [3.63, 3.8) is 0 Å². The van der Waals surface area contributed by atoms with Gasteiger partial charge in [0.05, 0.1) is 12.1 Å². The first-order valence-electron chi connectivity index (χ1n) is 8.51. The largest absolute Gasteiger partial charge is 0.390 e. The number of β-amino-alcohol motifs (C(OH)–C–C–N with tert-alkyl or cyclic N) is 1. The first-order valence-corrected chi connectivity index (χ1v) is 8.51. The van der Waals surface area contributed by atoms with Crippen molar-refractivity contribution in [1.82, 2.24) is 14.8 Å². The molecule has 23 heavy (non-hydrogen) atoms. The maximum atomic E-state index is 12.8. The Labute approximate surface area is 135 Å². The van der Waals surface area contributed by atoms with Gasteiger partial charge >= 0.3 is 0 Å². The molecule has 4 rings (SSSR count). The number of benzene rings is 1. The van der Waals surface area contributed by atoms with E-state index in [1.54, 1.807) is 4.90 Å². The zero-order valence-corrected chi connectivity index (χ0v) is 13.2. The molecule has 122 valence electrons. The summed E-state index contributed by atoms with van der Waals surface area (Å²) in [6, 6.07) is 9.89. The third-order valence-corrected chi connectivity index (χ3v) is 5.17. The van der Waals surface area contributed by atoms with Gasteiger partial charge in [0.15, 0.2) is 0 Å². The topological polar surface area (TPSA) is 59.6 Å². The minimum absolute atomic E-state index is 0.0141. The zero-order chi connectivity index (χ0) is 15.8. The molecule has 0 saturated carbocycles. The van der Waals surface area contributed by atoms with Crippen LogP contribution in [0.25, 0.3) is 10.9 Å². The zero-order valence-electron chi connectivity index (χ0n) is 13.2. The van der Waals surface area contributed by atoms with Gasteiger partial charge in [-0.3, -0.25) is 9.69 Å². The fourth-order valence-corrected chi connectivity index (χ4v) is 3.90. The van der Waals surface area contributed by atoms with Gasteiger partial charge in [-0.05, 0) is 38.1 Å². The Morgan fingerprint density at radius 1 is 1.13 bits per heavy atom. The van der Waals surface area contributed by atoms with Gasteiger partial charge in [0.2, 0.25) is 0 Å². The number of fused-ring (bicyclic) bond motifs is 1. The Morgan fingerprint density at radius 2 is 1.91 bits per heavy atom. The second-order valence-electron chi connectivity index (χ2n) is 6.71. The van der Waals surface area contributed by atoms with E-state index < -0.39 is 6.10 Å². The molecule has 1 aromatic carbocycles. The van der Waals surface area contributed by atoms with Crippen LogP contribution < -0.4 is 0 Å². The minimum Gasteiger partial charge on any atom is -0.390 e. The molecule has 5 nitrogen and oxygen atoms in total. The number of para-hydroxylation sites is 1. The quantitative estimate of drug-likeness (QED) is 0.889. The van der Waals surface area contributed by atoms with E-state index in [2.05, 4.69) is 9.88 Å². The number of amides is 1. The summed E-state index contributed by atoms with van der Waals surface area (Å²) in [6.07, 6.45) is 3.22. The maximum Gasteiger partial charge on any atom is 0.270 e. The van der Waals surface area contributed by atoms with Crippen LogP contribution in [-0.4, -0.2) is 64.1 Å². The lowest BCUT2D eigenvalue weighted by Gasteiger charge is -2.33. The third kappa shape index (κ3) is 2.75. The van der Waals surface area contributed by atoms with Crippen LogP contribution in [0.3, 0.4) is 0 Å². The van der Waals surface area contributed by atoms with Crippen LogP contribution in [-0.2, 0) is 0 Å². The van der Waals surface area contributed by atoms with Gasteiger partial charge in [0.25, 0.3) is 5.91 Å². The average molecular weight is 313 g/mol. The van der Waals surface area contributed by atoms with E-state index in [0.29, 0.717) is 18.8 Å². The van der Waals surface area contributed by atoms with E-state index in [-0.39, 0.29) is 11.9 Å². The Balaban J connectivity index is 1.50. The summed E-state index contributed by atoms with van der Waals surface area (Å²) in [5.41, 5.74) is 1.58. The lowest BCUT2D eigenvalue weighted by atomic mass is 10.1. The first kappa shape index (κ1) is 14.7. The lowest BCUT2D eigenvalue weighted by Crippen LogP contribution is -2.46. The second kappa shape index (κ2) is 5.98. The van der Waals surface area contributed by atoms with Crippen LogP contribution in [0.2, 0.25) is 0 Å². The number of aliphatic hydroxyl groups is 1. The number of carbonyl (C=O) groups is 1. The molecule has 1 amide bonds. The van der Waals surface area contributed by atoms with E-state index >= 15 is 0 Å². The van der Waals surface area contributed by atoms with Crippen molar-refractivity contribution in [2.45, 2.75) is 31.4 Å². The molecular formula is C18H23N3O2. The fraction of sp³-hybridized carbons (Fsp3) is 0.500. The smallest absolute Gasteiger partial charge is 0.270 e. The van der Waals surface area contributed by atoms with Gasteiger partial charge in [-0.15, -0.1) is 0 Å². The molecule has 1 aromatic heterocycles. The second-order valence-corrected chi connectivity index (χ2v) is 6.71. The van der Waals surface area contributed by atoms with Crippen LogP contribution in [0.15, 0.2) is 30.3 Å². The molecule has 0 spiro atoms. The van der Waals surface area contributed by atoms with Crippen LogP contribution in [0, 0.1) is 0 Å². The number of likely N-dealkylation sites (tertiary alicyclic amines) is 2. The van der Waals surface area contributed by atoms with Crippen LogP contribution in [0.5, 0.6) is 0 Å². The predicted octanol–water partition coefficient (Wildman–Crippen LogP) is 1.84. The summed E-state index contributed by atoms with van der Waals surface area (Å²) < 4.78 is 0. The molecule has 5 heteroatoms. The van der Waals surface area contributed by atoms with E-state index in [4.69, 9.17) is 0 Å². The first-order chi connectivity index (χ1) is 11.2. The van der Waals surface area contributed by atoms with E-state index in [9.17, 15) is 9.90 Å². The van der Waals surface area contributed by atoms with E-state index in [1.165, 1.54) is 19.3 Å². The lowest BCUT2D eigenvalue weighted by molar-refractivity contribution is 0.0702. The highest BCUT2D eigenvalue weighted by atomic mass is 16.3. The summed E-state index contributed by atoms with van der Waals surface area (Å²) in [5, 5.41) is 11.4. The van der Waals surface area contributed by atoms with Crippen molar-refractivity contribution in [2.24, 2.45) is 0 Å². The maximum absolute atomic E-state index is 12.8. The van der Waals surface area contributed by atoms with Gasteiger partial charge in [-0.2, -0.15) is 0 Å². The summed E-state index contributed by atoms with van der Waals surface area (Å²) in [6.45, 7) is 3.12. The van der Waals surface area contributed by atoms with Gasteiger partial charge in [-0.1, -0.05) is 24.6 Å². The number of H-pyrrole nitrogens is 1. The number of nitrogens with zero attached hydrogens (tertiary/aromatic N) is 2. The molecule has 0 aliphatic carbocycles. The summed E-state index contributed by atoms with van der Waals surface area (Å²) in [4.78, 5) is 20.1. The SMILES string of the molecule is O=C(c1cc2ccccc2[nH]1)N1C[C@@H](O)[C@H](N2CCCCC2)C1. The van der Waals surface area contributed by atoms with Gasteiger partial charge in [0.1, 0.15) is 5.69 Å². The predicted molar refractivity (Wildman–Crippen MR) is 89.4 cm³/mol. The van der Waals surface area contributed by atoms with E-state index in [0.717, 1.165) is 24.0 Å². The number of nitrogens with one attached hydrogen (secondary N) is 1. The number of aromatic nitrogens is 1. The molecule has 2 fully saturated rings. The minimum atomic E-state index is -0.443. The molecule has 2 aromatic rings. The van der Waals surface area contributed by atoms with Crippen molar-refractivity contribution >= 4 is 16.8 Å². The van der Waals surface area contributed by atoms with Gasteiger partial charge < -0.3 is 15.0 Å².